The third kappa shape index (κ3) is 2.97. The molecule has 1 rings (SSSR count). The summed E-state index contributed by atoms with van der Waals surface area (Å²) in [6.07, 6.45) is 3.65. The first-order chi connectivity index (χ1) is 5.18. The van der Waals surface area contributed by atoms with Crippen molar-refractivity contribution in [2.75, 3.05) is 0 Å². The minimum absolute atomic E-state index is 0.419. The van der Waals surface area contributed by atoms with Crippen molar-refractivity contribution < 1.29 is 4.42 Å². The quantitative estimate of drug-likeness (QED) is 0.706. The van der Waals surface area contributed by atoms with Crippen LogP contribution in [0.15, 0.2) is 10.6 Å². The zero-order valence-electron chi connectivity index (χ0n) is 6.87. The van der Waals surface area contributed by atoms with Crippen LogP contribution in [-0.2, 0) is 6.42 Å². The number of hydrogen-bond donors (Lipinski definition) is 1. The van der Waals surface area contributed by atoms with Gasteiger partial charge in [-0.3, -0.25) is 0 Å². The minimum Gasteiger partial charge on any atom is -0.446 e. The van der Waals surface area contributed by atoms with Crippen LogP contribution < -0.4 is 0 Å². The zero-order valence-corrected chi connectivity index (χ0v) is 7.77. The van der Waals surface area contributed by atoms with Gasteiger partial charge in [0.15, 0.2) is 5.89 Å². The van der Waals surface area contributed by atoms with Crippen LogP contribution >= 0.6 is 12.6 Å². The van der Waals surface area contributed by atoms with Crippen LogP contribution in [0, 0.1) is 6.92 Å². The first-order valence-corrected chi connectivity index (χ1v) is 4.29. The molecule has 11 heavy (non-hydrogen) atoms. The minimum atomic E-state index is 0.419. The highest BCUT2D eigenvalue weighted by Gasteiger charge is 2.01. The lowest BCUT2D eigenvalue weighted by Gasteiger charge is -1.98. The van der Waals surface area contributed by atoms with E-state index < -0.39 is 0 Å². The van der Waals surface area contributed by atoms with Crippen LogP contribution in [0.5, 0.6) is 0 Å². The summed E-state index contributed by atoms with van der Waals surface area (Å²) in [6.45, 7) is 3.97. The van der Waals surface area contributed by atoms with Crippen LogP contribution in [0.4, 0.5) is 0 Å². The molecule has 1 aromatic rings. The average molecular weight is 171 g/mol. The van der Waals surface area contributed by atoms with Crippen LogP contribution in [0.25, 0.3) is 0 Å². The van der Waals surface area contributed by atoms with Crippen molar-refractivity contribution in [2.24, 2.45) is 0 Å². The van der Waals surface area contributed by atoms with Gasteiger partial charge in [-0.25, -0.2) is 4.98 Å². The molecule has 0 saturated heterocycles. The molecule has 62 valence electrons. The fraction of sp³-hybridized carbons (Fsp3) is 0.625. The lowest BCUT2D eigenvalue weighted by molar-refractivity contribution is 0.465. The molecule has 0 bridgehead atoms. The molecule has 0 aliphatic rings. The molecule has 0 fully saturated rings. The number of nitrogens with zero attached hydrogens (tertiary/aromatic N) is 1. The van der Waals surface area contributed by atoms with Crippen molar-refractivity contribution in [1.29, 1.82) is 0 Å². The second-order valence-electron chi connectivity index (χ2n) is 2.75. The largest absolute Gasteiger partial charge is 0.446 e. The van der Waals surface area contributed by atoms with Gasteiger partial charge in [0, 0.05) is 6.42 Å². The molecule has 1 heterocycles. The van der Waals surface area contributed by atoms with Gasteiger partial charge in [-0.05, 0) is 18.6 Å². The average Bonchev–Trinajstić information content (AvgIpc) is 2.31. The highest BCUT2D eigenvalue weighted by molar-refractivity contribution is 7.80. The Bertz CT molecular complexity index is 220. The third-order valence-electron chi connectivity index (χ3n) is 1.45. The van der Waals surface area contributed by atoms with E-state index in [-0.39, 0.29) is 0 Å². The van der Waals surface area contributed by atoms with Gasteiger partial charge >= 0.3 is 0 Å². The van der Waals surface area contributed by atoms with E-state index in [1.807, 2.05) is 6.92 Å². The number of thiol groups is 1. The molecular formula is C8H13NOS. The van der Waals surface area contributed by atoms with Crippen molar-refractivity contribution in [2.45, 2.75) is 31.9 Å². The second-order valence-corrected chi connectivity index (χ2v) is 3.63. The van der Waals surface area contributed by atoms with Gasteiger partial charge < -0.3 is 4.42 Å². The van der Waals surface area contributed by atoms with E-state index in [9.17, 15) is 0 Å². The Morgan fingerprint density at radius 1 is 1.73 bits per heavy atom. The lowest BCUT2D eigenvalue weighted by Crippen LogP contribution is -1.94. The second kappa shape index (κ2) is 3.81. The summed E-state index contributed by atoms with van der Waals surface area (Å²) >= 11 is 4.27. The maximum Gasteiger partial charge on any atom is 0.194 e. The molecule has 1 unspecified atom stereocenters. The SMILES string of the molecule is Cc1cnc(CCC(C)S)o1. The van der Waals surface area contributed by atoms with Gasteiger partial charge in [-0.1, -0.05) is 6.92 Å². The molecule has 0 aliphatic heterocycles. The predicted molar refractivity (Wildman–Crippen MR) is 48.0 cm³/mol. The topological polar surface area (TPSA) is 26.0 Å². The molecule has 0 spiro atoms. The Labute approximate surface area is 72.4 Å². The molecule has 3 heteroatoms. The molecule has 0 aliphatic carbocycles. The molecule has 2 nitrogen and oxygen atoms in total. The molecule has 1 aromatic heterocycles. The van der Waals surface area contributed by atoms with Crippen LogP contribution in [0.1, 0.15) is 25.0 Å². The number of aryl methyl sites for hydroxylation is 2. The summed E-state index contributed by atoms with van der Waals surface area (Å²) in [4.78, 5) is 4.09. The smallest absolute Gasteiger partial charge is 0.194 e. The number of hydrogen-bond acceptors (Lipinski definition) is 3. The molecular weight excluding hydrogens is 158 g/mol. The fourth-order valence-electron chi connectivity index (χ4n) is 0.849. The molecule has 1 atom stereocenters. The summed E-state index contributed by atoms with van der Waals surface area (Å²) in [7, 11) is 0. The van der Waals surface area contributed by atoms with Crippen LogP contribution in [-0.4, -0.2) is 10.2 Å². The predicted octanol–water partition coefficient (Wildman–Crippen LogP) is 2.23. The van der Waals surface area contributed by atoms with Crippen molar-refractivity contribution >= 4 is 12.6 Å². The van der Waals surface area contributed by atoms with Gasteiger partial charge in [0.2, 0.25) is 0 Å². The molecule has 0 aromatic carbocycles. The summed E-state index contributed by atoms with van der Waals surface area (Å²) in [5, 5.41) is 0.419. The van der Waals surface area contributed by atoms with E-state index in [1.165, 1.54) is 0 Å². The van der Waals surface area contributed by atoms with E-state index in [0.29, 0.717) is 5.25 Å². The monoisotopic (exact) mass is 171 g/mol. The Morgan fingerprint density at radius 2 is 2.45 bits per heavy atom. The summed E-state index contributed by atoms with van der Waals surface area (Å²) in [5.74, 6) is 1.70. The highest BCUT2D eigenvalue weighted by Crippen LogP contribution is 2.08. The lowest BCUT2D eigenvalue weighted by atomic mass is 10.2. The van der Waals surface area contributed by atoms with Crippen molar-refractivity contribution in [3.63, 3.8) is 0 Å². The van der Waals surface area contributed by atoms with Crippen LogP contribution in [0.3, 0.4) is 0 Å². The van der Waals surface area contributed by atoms with E-state index in [0.717, 1.165) is 24.5 Å². The third-order valence-corrected chi connectivity index (χ3v) is 1.70. The summed E-state index contributed by atoms with van der Waals surface area (Å²) < 4.78 is 5.29. The molecule has 0 amide bonds. The summed E-state index contributed by atoms with van der Waals surface area (Å²) in [5.41, 5.74) is 0. The van der Waals surface area contributed by atoms with E-state index in [2.05, 4.69) is 24.5 Å². The number of rotatable bonds is 3. The van der Waals surface area contributed by atoms with E-state index in [1.54, 1.807) is 6.20 Å². The first kappa shape index (κ1) is 8.65. The highest BCUT2D eigenvalue weighted by atomic mass is 32.1. The summed E-state index contributed by atoms with van der Waals surface area (Å²) in [6, 6.07) is 0. The molecule has 0 N–H and O–H groups in total. The van der Waals surface area contributed by atoms with Gasteiger partial charge in [0.05, 0.1) is 6.20 Å². The normalized spacial score (nSPS) is 13.4. The van der Waals surface area contributed by atoms with Crippen LogP contribution in [0.2, 0.25) is 0 Å². The molecule has 0 saturated carbocycles. The zero-order chi connectivity index (χ0) is 8.27. The first-order valence-electron chi connectivity index (χ1n) is 3.78. The fourth-order valence-corrected chi connectivity index (χ4v) is 0.978. The Kier molecular flexibility index (Phi) is 3.00. The maximum absolute atomic E-state index is 5.29. The Morgan fingerprint density at radius 3 is 2.91 bits per heavy atom. The van der Waals surface area contributed by atoms with E-state index >= 15 is 0 Å². The maximum atomic E-state index is 5.29. The van der Waals surface area contributed by atoms with Crippen molar-refractivity contribution in [1.82, 2.24) is 4.98 Å². The van der Waals surface area contributed by atoms with Crippen molar-refractivity contribution in [3.05, 3.63) is 17.8 Å². The Balaban J connectivity index is 2.39. The van der Waals surface area contributed by atoms with Gasteiger partial charge in [0.25, 0.3) is 0 Å². The van der Waals surface area contributed by atoms with Gasteiger partial charge in [-0.2, -0.15) is 12.6 Å². The number of oxazole rings is 1. The van der Waals surface area contributed by atoms with E-state index in [4.69, 9.17) is 4.42 Å². The molecule has 0 radical (unpaired) electrons. The van der Waals surface area contributed by atoms with Gasteiger partial charge in [-0.15, -0.1) is 0 Å². The Hall–Kier alpha value is -0.440. The standard InChI is InChI=1S/C8H13NOS/c1-6-5-9-8(10-6)4-3-7(2)11/h5,7,11H,3-4H2,1-2H3. The van der Waals surface area contributed by atoms with Gasteiger partial charge in [0.1, 0.15) is 5.76 Å². The van der Waals surface area contributed by atoms with Crippen molar-refractivity contribution in [3.8, 4) is 0 Å². The number of aromatic nitrogens is 1.